The Kier molecular flexibility index (Phi) is 8.15. The van der Waals surface area contributed by atoms with E-state index >= 15 is 0 Å². The minimum absolute atomic E-state index is 0. The van der Waals surface area contributed by atoms with E-state index in [4.69, 9.17) is 4.52 Å². The smallest absolute Gasteiger partial charge is 0.191 e. The fourth-order valence-electron chi connectivity index (χ4n) is 3.39. The van der Waals surface area contributed by atoms with Gasteiger partial charge in [0, 0.05) is 35.6 Å². The van der Waals surface area contributed by atoms with Gasteiger partial charge in [-0.3, -0.25) is 4.99 Å². The molecule has 0 atom stereocenters. The van der Waals surface area contributed by atoms with Crippen molar-refractivity contribution in [3.63, 3.8) is 0 Å². The third-order valence-electron chi connectivity index (χ3n) is 5.19. The van der Waals surface area contributed by atoms with E-state index in [2.05, 4.69) is 61.0 Å². The number of aliphatic imine (C=N–C) groups is 1. The van der Waals surface area contributed by atoms with E-state index in [1.807, 2.05) is 20.9 Å². The van der Waals surface area contributed by atoms with Crippen LogP contribution >= 0.6 is 39.9 Å². The molecule has 0 unspecified atom stereocenters. The van der Waals surface area contributed by atoms with E-state index in [0.717, 1.165) is 43.3 Å². The lowest BCUT2D eigenvalue weighted by Crippen LogP contribution is -2.41. The molecule has 1 aromatic heterocycles. The predicted octanol–water partition coefficient (Wildman–Crippen LogP) is 4.50. The summed E-state index contributed by atoms with van der Waals surface area (Å²) in [5.41, 5.74) is 3.84. The summed E-state index contributed by atoms with van der Waals surface area (Å²) in [6.07, 6.45) is 4.41. The maximum atomic E-state index is 5.22. The second-order valence-corrected chi connectivity index (χ2v) is 7.87. The van der Waals surface area contributed by atoms with Crippen molar-refractivity contribution >= 4 is 45.9 Å². The van der Waals surface area contributed by atoms with Crippen LogP contribution in [0.3, 0.4) is 0 Å². The van der Waals surface area contributed by atoms with Crippen molar-refractivity contribution < 1.29 is 4.52 Å². The van der Waals surface area contributed by atoms with E-state index < -0.39 is 0 Å². The highest BCUT2D eigenvalue weighted by atomic mass is 127. The van der Waals surface area contributed by atoms with Gasteiger partial charge >= 0.3 is 0 Å². The van der Waals surface area contributed by atoms with Crippen LogP contribution in [0.4, 0.5) is 0 Å². The van der Waals surface area contributed by atoms with E-state index in [1.165, 1.54) is 28.4 Å². The van der Waals surface area contributed by atoms with Gasteiger partial charge in [0.15, 0.2) is 5.96 Å². The number of rotatable bonds is 7. The Labute approximate surface area is 186 Å². The molecule has 27 heavy (non-hydrogen) atoms. The highest BCUT2D eigenvalue weighted by Crippen LogP contribution is 2.49. The molecule has 0 aliphatic heterocycles. The molecule has 0 saturated heterocycles. The Morgan fingerprint density at radius 3 is 2.59 bits per heavy atom. The van der Waals surface area contributed by atoms with Crippen molar-refractivity contribution in [2.75, 3.05) is 20.1 Å². The molecule has 3 rings (SSSR count). The lowest BCUT2D eigenvalue weighted by molar-refractivity contribution is 0.392. The van der Waals surface area contributed by atoms with Crippen LogP contribution in [0, 0.1) is 13.8 Å². The van der Waals surface area contributed by atoms with Gasteiger partial charge in [0.1, 0.15) is 5.76 Å². The number of hydrogen-bond donors (Lipinski definition) is 2. The van der Waals surface area contributed by atoms with Gasteiger partial charge in [-0.15, -0.1) is 24.0 Å². The summed E-state index contributed by atoms with van der Waals surface area (Å²) in [4.78, 5) is 4.36. The van der Waals surface area contributed by atoms with Gasteiger partial charge < -0.3 is 15.2 Å². The lowest BCUT2D eigenvalue weighted by Gasteiger charge is -2.20. The Morgan fingerprint density at radius 2 is 2.00 bits per heavy atom. The van der Waals surface area contributed by atoms with Crippen LogP contribution in [-0.4, -0.2) is 31.3 Å². The molecule has 1 saturated carbocycles. The number of hydrogen-bond acceptors (Lipinski definition) is 3. The Balaban J connectivity index is 0.00000261. The molecule has 0 amide bonds. The van der Waals surface area contributed by atoms with E-state index in [0.29, 0.717) is 0 Å². The molecule has 2 N–H and O–H groups in total. The SMILES string of the molecule is CN=C(NCCCc1c(C)noc1C)NCC1(c2ccccc2Br)CC1.I. The van der Waals surface area contributed by atoms with Crippen LogP contribution < -0.4 is 10.6 Å². The monoisotopic (exact) mass is 546 g/mol. The zero-order chi connectivity index (χ0) is 18.6. The second kappa shape index (κ2) is 9.91. The maximum Gasteiger partial charge on any atom is 0.191 e. The van der Waals surface area contributed by atoms with Crippen molar-refractivity contribution in [3.8, 4) is 0 Å². The van der Waals surface area contributed by atoms with Crippen molar-refractivity contribution in [1.82, 2.24) is 15.8 Å². The summed E-state index contributed by atoms with van der Waals surface area (Å²) in [5.74, 6) is 1.79. The van der Waals surface area contributed by atoms with Gasteiger partial charge in [0.05, 0.1) is 5.69 Å². The van der Waals surface area contributed by atoms with Crippen molar-refractivity contribution in [3.05, 3.63) is 51.3 Å². The molecule has 5 nitrogen and oxygen atoms in total. The van der Waals surface area contributed by atoms with Crippen molar-refractivity contribution in [1.29, 1.82) is 0 Å². The predicted molar refractivity (Wildman–Crippen MR) is 124 cm³/mol. The Hall–Kier alpha value is -1.09. The molecule has 0 spiro atoms. The largest absolute Gasteiger partial charge is 0.361 e. The summed E-state index contributed by atoms with van der Waals surface area (Å²) in [5, 5.41) is 10.9. The number of benzene rings is 1. The minimum Gasteiger partial charge on any atom is -0.361 e. The van der Waals surface area contributed by atoms with Crippen LogP contribution in [0.5, 0.6) is 0 Å². The zero-order valence-electron chi connectivity index (χ0n) is 16.1. The molecule has 7 heteroatoms. The molecule has 0 bridgehead atoms. The number of halogens is 2. The third-order valence-corrected chi connectivity index (χ3v) is 5.89. The van der Waals surface area contributed by atoms with Gasteiger partial charge in [-0.05, 0) is 51.2 Å². The Morgan fingerprint density at radius 1 is 1.26 bits per heavy atom. The first kappa shape index (κ1) is 22.2. The summed E-state index contributed by atoms with van der Waals surface area (Å²) in [6, 6.07) is 8.52. The molecular formula is C20H28BrIN4O. The number of aromatic nitrogens is 1. The zero-order valence-corrected chi connectivity index (χ0v) is 20.1. The normalized spacial score (nSPS) is 15.2. The van der Waals surface area contributed by atoms with Crippen LogP contribution in [0.15, 0.2) is 38.3 Å². The van der Waals surface area contributed by atoms with Crippen LogP contribution in [0.2, 0.25) is 0 Å². The van der Waals surface area contributed by atoms with E-state index in [1.54, 1.807) is 0 Å². The standard InChI is InChI=1S/C20H27BrN4O.HI/c1-14-16(15(2)26-25-14)7-6-12-23-19(22-3)24-13-20(10-11-20)17-8-4-5-9-18(17)21;/h4-5,8-9H,6-7,10-13H2,1-3H3,(H2,22,23,24);1H. The quantitative estimate of drug-likeness (QED) is 0.232. The topological polar surface area (TPSA) is 62.5 Å². The summed E-state index contributed by atoms with van der Waals surface area (Å²) >= 11 is 3.69. The molecule has 1 aliphatic carbocycles. The highest BCUT2D eigenvalue weighted by Gasteiger charge is 2.45. The number of nitrogens with zero attached hydrogens (tertiary/aromatic N) is 2. The van der Waals surface area contributed by atoms with Gasteiger partial charge in [0.2, 0.25) is 0 Å². The fourth-order valence-corrected chi connectivity index (χ4v) is 4.09. The first-order valence-electron chi connectivity index (χ1n) is 9.17. The average molecular weight is 547 g/mol. The van der Waals surface area contributed by atoms with Crippen LogP contribution in [-0.2, 0) is 11.8 Å². The molecular weight excluding hydrogens is 519 g/mol. The molecule has 1 fully saturated rings. The van der Waals surface area contributed by atoms with Crippen LogP contribution in [0.25, 0.3) is 0 Å². The van der Waals surface area contributed by atoms with Gasteiger partial charge in [-0.25, -0.2) is 0 Å². The first-order valence-corrected chi connectivity index (χ1v) is 9.96. The second-order valence-electron chi connectivity index (χ2n) is 7.02. The van der Waals surface area contributed by atoms with E-state index in [-0.39, 0.29) is 29.4 Å². The fraction of sp³-hybridized carbons (Fsp3) is 0.500. The molecule has 1 aliphatic rings. The average Bonchev–Trinajstić information content (AvgIpc) is 3.36. The summed E-state index contributed by atoms with van der Waals surface area (Å²) in [7, 11) is 1.82. The van der Waals surface area contributed by atoms with Gasteiger partial charge in [-0.1, -0.05) is 39.3 Å². The molecule has 0 radical (unpaired) electrons. The highest BCUT2D eigenvalue weighted by molar-refractivity contribution is 14.0. The molecule has 148 valence electrons. The maximum absolute atomic E-state index is 5.22. The van der Waals surface area contributed by atoms with Gasteiger partial charge in [0.25, 0.3) is 0 Å². The molecule has 1 aromatic carbocycles. The third kappa shape index (κ3) is 5.47. The number of aryl methyl sites for hydroxylation is 2. The Bertz CT molecular complexity index is 767. The van der Waals surface area contributed by atoms with Crippen molar-refractivity contribution in [2.24, 2.45) is 4.99 Å². The summed E-state index contributed by atoms with van der Waals surface area (Å²) in [6.45, 7) is 5.74. The number of nitrogens with one attached hydrogen (secondary N) is 2. The summed E-state index contributed by atoms with van der Waals surface area (Å²) < 4.78 is 6.41. The lowest BCUT2D eigenvalue weighted by atomic mass is 9.96. The van der Waals surface area contributed by atoms with E-state index in [9.17, 15) is 0 Å². The first-order chi connectivity index (χ1) is 12.6. The molecule has 1 heterocycles. The van der Waals surface area contributed by atoms with Crippen LogP contribution in [0.1, 0.15) is 41.8 Å². The van der Waals surface area contributed by atoms with Crippen molar-refractivity contribution in [2.45, 2.75) is 44.9 Å². The minimum atomic E-state index is 0. The number of guanidine groups is 1. The molecule has 2 aromatic rings. The van der Waals surface area contributed by atoms with Gasteiger partial charge in [-0.2, -0.15) is 0 Å².